The van der Waals surface area contributed by atoms with Crippen molar-refractivity contribution in [1.29, 1.82) is 0 Å². The van der Waals surface area contributed by atoms with Crippen LogP contribution in [0.3, 0.4) is 0 Å². The van der Waals surface area contributed by atoms with Crippen LogP contribution in [0.15, 0.2) is 48.5 Å². The third-order valence-electron chi connectivity index (χ3n) is 5.54. The van der Waals surface area contributed by atoms with E-state index < -0.39 is 17.7 Å². The summed E-state index contributed by atoms with van der Waals surface area (Å²) in [6.07, 6.45) is 1.99. The van der Waals surface area contributed by atoms with Gasteiger partial charge in [0, 0.05) is 13.1 Å². The first kappa shape index (κ1) is 28.9. The fourth-order valence-electron chi connectivity index (χ4n) is 4.02. The Bertz CT molecular complexity index is 995. The van der Waals surface area contributed by atoms with E-state index in [1.54, 1.807) is 25.7 Å². The van der Waals surface area contributed by atoms with Crippen LogP contribution in [0.2, 0.25) is 0 Å². The molecular formula is C29H41N3O4. The Hall–Kier alpha value is -3.35. The van der Waals surface area contributed by atoms with Gasteiger partial charge in [-0.3, -0.25) is 9.59 Å². The Balaban J connectivity index is 2.33. The molecule has 0 aliphatic carbocycles. The molecule has 0 aliphatic rings. The number of nitrogens with one attached hydrogen (secondary N) is 2. The molecule has 36 heavy (non-hydrogen) atoms. The quantitative estimate of drug-likeness (QED) is 0.419. The zero-order valence-corrected chi connectivity index (χ0v) is 22.5. The van der Waals surface area contributed by atoms with E-state index in [1.165, 1.54) is 0 Å². The third kappa shape index (κ3) is 9.72. The summed E-state index contributed by atoms with van der Waals surface area (Å²) in [6, 6.07) is 14.8. The van der Waals surface area contributed by atoms with Crippen molar-refractivity contribution in [3.05, 3.63) is 70.8 Å². The van der Waals surface area contributed by atoms with Crippen molar-refractivity contribution in [2.24, 2.45) is 0 Å². The molecule has 0 aliphatic heterocycles. The number of hydrogen-bond donors (Lipinski definition) is 2. The second-order valence-electron chi connectivity index (χ2n) is 10.2. The van der Waals surface area contributed by atoms with Gasteiger partial charge in [-0.1, -0.05) is 79.4 Å². The molecule has 0 heterocycles. The van der Waals surface area contributed by atoms with Gasteiger partial charge in [-0.25, -0.2) is 4.79 Å². The zero-order valence-electron chi connectivity index (χ0n) is 22.5. The van der Waals surface area contributed by atoms with Crippen molar-refractivity contribution in [1.82, 2.24) is 15.5 Å². The molecule has 2 aromatic carbocycles. The summed E-state index contributed by atoms with van der Waals surface area (Å²) in [7, 11) is 0. The topological polar surface area (TPSA) is 87.7 Å². The van der Waals surface area contributed by atoms with E-state index in [1.807, 2.05) is 62.4 Å². The smallest absolute Gasteiger partial charge is 0.408 e. The average molecular weight is 496 g/mol. The van der Waals surface area contributed by atoms with Crippen molar-refractivity contribution in [2.45, 2.75) is 79.0 Å². The SMILES string of the molecule is CCCCCN(C(=O)CNC(=O)OC(C)(C)C)C(C(=O)NCc1ccccc1)c1cc(C)cc(C)c1. The summed E-state index contributed by atoms with van der Waals surface area (Å²) < 4.78 is 5.28. The maximum absolute atomic E-state index is 13.6. The minimum Gasteiger partial charge on any atom is -0.444 e. The van der Waals surface area contributed by atoms with E-state index in [-0.39, 0.29) is 18.4 Å². The number of nitrogens with zero attached hydrogens (tertiary/aromatic N) is 1. The van der Waals surface area contributed by atoms with Crippen molar-refractivity contribution >= 4 is 17.9 Å². The molecule has 2 N–H and O–H groups in total. The molecule has 3 amide bonds. The Labute approximate surface area is 215 Å². The Morgan fingerprint density at radius 1 is 0.944 bits per heavy atom. The molecule has 0 bridgehead atoms. The lowest BCUT2D eigenvalue weighted by Crippen LogP contribution is -2.48. The van der Waals surface area contributed by atoms with Gasteiger partial charge < -0.3 is 20.3 Å². The minimum atomic E-state index is -0.822. The van der Waals surface area contributed by atoms with Crippen LogP contribution in [0.25, 0.3) is 0 Å². The van der Waals surface area contributed by atoms with Gasteiger partial charge in [-0.2, -0.15) is 0 Å². The Morgan fingerprint density at radius 2 is 1.58 bits per heavy atom. The highest BCUT2D eigenvalue weighted by Crippen LogP contribution is 2.25. The third-order valence-corrected chi connectivity index (χ3v) is 5.54. The molecule has 0 radical (unpaired) electrons. The van der Waals surface area contributed by atoms with Crippen LogP contribution >= 0.6 is 0 Å². The van der Waals surface area contributed by atoms with E-state index in [0.717, 1.165) is 41.5 Å². The maximum Gasteiger partial charge on any atom is 0.408 e. The highest BCUT2D eigenvalue weighted by Gasteiger charge is 2.31. The van der Waals surface area contributed by atoms with E-state index in [4.69, 9.17) is 4.74 Å². The fourth-order valence-corrected chi connectivity index (χ4v) is 4.02. The van der Waals surface area contributed by atoms with Crippen LogP contribution in [0.5, 0.6) is 0 Å². The van der Waals surface area contributed by atoms with Crippen LogP contribution < -0.4 is 10.6 Å². The van der Waals surface area contributed by atoms with Gasteiger partial charge in [0.05, 0.1) is 0 Å². The van der Waals surface area contributed by atoms with Gasteiger partial charge in [0.15, 0.2) is 0 Å². The average Bonchev–Trinajstić information content (AvgIpc) is 2.79. The molecule has 0 saturated heterocycles. The second-order valence-corrected chi connectivity index (χ2v) is 10.2. The van der Waals surface area contributed by atoms with Crippen LogP contribution in [0.4, 0.5) is 4.79 Å². The predicted octanol–water partition coefficient (Wildman–Crippen LogP) is 5.20. The van der Waals surface area contributed by atoms with Crippen molar-refractivity contribution in [2.75, 3.05) is 13.1 Å². The Kier molecular flexibility index (Phi) is 11.0. The molecule has 2 aromatic rings. The first-order chi connectivity index (χ1) is 17.0. The number of benzene rings is 2. The van der Waals surface area contributed by atoms with Gasteiger partial charge in [0.1, 0.15) is 18.2 Å². The molecule has 7 nitrogen and oxygen atoms in total. The van der Waals surface area contributed by atoms with Crippen LogP contribution in [-0.2, 0) is 20.9 Å². The summed E-state index contributed by atoms with van der Waals surface area (Å²) in [6.45, 7) is 11.8. The number of alkyl carbamates (subject to hydrolysis) is 1. The predicted molar refractivity (Wildman–Crippen MR) is 142 cm³/mol. The molecule has 0 spiro atoms. The molecule has 0 aromatic heterocycles. The van der Waals surface area contributed by atoms with E-state index in [2.05, 4.69) is 17.6 Å². The molecule has 2 rings (SSSR count). The lowest BCUT2D eigenvalue weighted by atomic mass is 9.98. The molecule has 0 fully saturated rings. The maximum atomic E-state index is 13.6. The second kappa shape index (κ2) is 13.7. The number of hydrogen-bond acceptors (Lipinski definition) is 4. The number of carbonyl (C=O) groups is 3. The van der Waals surface area contributed by atoms with E-state index >= 15 is 0 Å². The first-order valence-corrected chi connectivity index (χ1v) is 12.7. The molecule has 7 heteroatoms. The number of unbranched alkanes of at least 4 members (excludes halogenated alkanes) is 2. The summed E-state index contributed by atoms with van der Waals surface area (Å²) >= 11 is 0. The number of aryl methyl sites for hydroxylation is 2. The molecule has 196 valence electrons. The minimum absolute atomic E-state index is 0.256. The van der Waals surface area contributed by atoms with Gasteiger partial charge in [-0.15, -0.1) is 0 Å². The fraction of sp³-hybridized carbons (Fsp3) is 0.483. The molecule has 1 atom stereocenters. The number of ether oxygens (including phenoxy) is 1. The van der Waals surface area contributed by atoms with Crippen molar-refractivity contribution in [3.8, 4) is 0 Å². The summed E-state index contributed by atoms with van der Waals surface area (Å²) in [5.41, 5.74) is 3.07. The highest BCUT2D eigenvalue weighted by atomic mass is 16.6. The highest BCUT2D eigenvalue weighted by molar-refractivity contribution is 5.90. The molecular weight excluding hydrogens is 454 g/mol. The molecule has 1 unspecified atom stereocenters. The van der Waals surface area contributed by atoms with Gasteiger partial charge >= 0.3 is 6.09 Å². The number of rotatable bonds is 11. The standard InChI is InChI=1S/C29H41N3O4/c1-7-8-12-15-32(25(33)20-31-28(35)36-29(4,5)6)26(24-17-21(2)16-22(3)18-24)27(34)30-19-23-13-10-9-11-14-23/h9-11,13-14,16-18,26H,7-8,12,15,19-20H2,1-6H3,(H,30,34)(H,31,35). The number of amides is 3. The largest absolute Gasteiger partial charge is 0.444 e. The van der Waals surface area contributed by atoms with E-state index in [9.17, 15) is 14.4 Å². The van der Waals surface area contributed by atoms with E-state index in [0.29, 0.717) is 13.1 Å². The molecule has 0 saturated carbocycles. The first-order valence-electron chi connectivity index (χ1n) is 12.7. The van der Waals surface area contributed by atoms with Crippen LogP contribution in [-0.4, -0.2) is 41.5 Å². The summed E-state index contributed by atoms with van der Waals surface area (Å²) in [4.78, 5) is 40.8. The van der Waals surface area contributed by atoms with Crippen molar-refractivity contribution < 1.29 is 19.1 Å². The summed E-state index contributed by atoms with van der Waals surface area (Å²) in [5, 5.41) is 5.56. The lowest BCUT2D eigenvalue weighted by molar-refractivity contribution is -0.140. The zero-order chi connectivity index (χ0) is 26.7. The van der Waals surface area contributed by atoms with Gasteiger partial charge in [0.25, 0.3) is 0 Å². The van der Waals surface area contributed by atoms with Gasteiger partial charge in [-0.05, 0) is 52.2 Å². The lowest BCUT2D eigenvalue weighted by Gasteiger charge is -2.32. The number of carbonyl (C=O) groups excluding carboxylic acids is 3. The van der Waals surface area contributed by atoms with Crippen LogP contribution in [0, 0.1) is 13.8 Å². The Morgan fingerprint density at radius 3 is 2.17 bits per heavy atom. The normalized spacial score (nSPS) is 11.9. The summed E-state index contributed by atoms with van der Waals surface area (Å²) in [5.74, 6) is -0.595. The van der Waals surface area contributed by atoms with Crippen LogP contribution in [0.1, 0.15) is 75.3 Å². The monoisotopic (exact) mass is 495 g/mol. The van der Waals surface area contributed by atoms with Gasteiger partial charge in [0.2, 0.25) is 11.8 Å². The van der Waals surface area contributed by atoms with Crippen molar-refractivity contribution in [3.63, 3.8) is 0 Å².